The van der Waals surface area contributed by atoms with Crippen LogP contribution in [0.3, 0.4) is 0 Å². The maximum Gasteiger partial charge on any atom is 0.251 e. The lowest BCUT2D eigenvalue weighted by atomic mass is 9.80. The molecule has 2 N–H and O–H groups in total. The van der Waals surface area contributed by atoms with Gasteiger partial charge in [-0.15, -0.1) is 10.2 Å². The van der Waals surface area contributed by atoms with Crippen molar-refractivity contribution in [2.45, 2.75) is 33.1 Å². The van der Waals surface area contributed by atoms with E-state index in [9.17, 15) is 14.4 Å². The average molecular weight is 536 g/mol. The molecular formula is C30H29N7O3. The van der Waals surface area contributed by atoms with Crippen molar-refractivity contribution in [3.8, 4) is 11.4 Å². The Bertz CT molecular complexity index is 1570. The molecule has 1 aromatic heterocycles. The number of H-pyrrole nitrogens is 1. The van der Waals surface area contributed by atoms with Gasteiger partial charge >= 0.3 is 0 Å². The predicted octanol–water partition coefficient (Wildman–Crippen LogP) is 4.19. The Kier molecular flexibility index (Phi) is 7.33. The van der Waals surface area contributed by atoms with Gasteiger partial charge in [-0.05, 0) is 22.9 Å². The van der Waals surface area contributed by atoms with Crippen molar-refractivity contribution in [3.05, 3.63) is 95.6 Å². The predicted molar refractivity (Wildman–Crippen MR) is 150 cm³/mol. The first-order valence-corrected chi connectivity index (χ1v) is 12.9. The summed E-state index contributed by atoms with van der Waals surface area (Å²) in [6.45, 7) is 5.17. The van der Waals surface area contributed by atoms with Crippen LogP contribution in [0.2, 0.25) is 0 Å². The molecule has 2 amide bonds. The number of benzene rings is 3. The molecular weight excluding hydrogens is 506 g/mol. The van der Waals surface area contributed by atoms with E-state index in [1.54, 1.807) is 24.3 Å². The zero-order chi connectivity index (χ0) is 28.3. The summed E-state index contributed by atoms with van der Waals surface area (Å²) in [5.74, 6) is -1.30. The summed E-state index contributed by atoms with van der Waals surface area (Å²) in [5, 5.41) is 22.6. The molecule has 1 atom stereocenters. The fourth-order valence-corrected chi connectivity index (χ4v) is 4.52. The van der Waals surface area contributed by atoms with Crippen molar-refractivity contribution < 1.29 is 14.4 Å². The van der Waals surface area contributed by atoms with E-state index in [2.05, 4.69) is 25.9 Å². The summed E-state index contributed by atoms with van der Waals surface area (Å²) in [7, 11) is 0. The standard InChI is InChI=1S/C30H29N7O3/c1-30(2,3)25(38)17-24-22-14-7-8-15-23(22)27(19-10-5-4-6-11-19)34-37(29(24)40)18-26(39)31-21-13-9-12-20(16-21)28-32-35-36-33-28/h4-16,24H,17-18H2,1-3H3,(H,31,39)(H,32,33,35,36). The molecule has 1 aliphatic rings. The van der Waals surface area contributed by atoms with Crippen LogP contribution in [0.15, 0.2) is 84.0 Å². The van der Waals surface area contributed by atoms with Gasteiger partial charge in [0.15, 0.2) is 0 Å². The van der Waals surface area contributed by atoms with E-state index in [0.717, 1.165) is 11.1 Å². The molecule has 1 unspecified atom stereocenters. The Morgan fingerprint density at radius 1 is 0.950 bits per heavy atom. The molecule has 0 saturated carbocycles. The van der Waals surface area contributed by atoms with Gasteiger partial charge in [0.2, 0.25) is 11.7 Å². The number of hydrogen-bond acceptors (Lipinski definition) is 7. The Morgan fingerprint density at radius 3 is 2.40 bits per heavy atom. The van der Waals surface area contributed by atoms with Crippen LogP contribution in [-0.2, 0) is 14.4 Å². The molecule has 5 rings (SSSR count). The summed E-state index contributed by atoms with van der Waals surface area (Å²) in [6.07, 6.45) is 0.00179. The van der Waals surface area contributed by atoms with Crippen molar-refractivity contribution in [1.29, 1.82) is 0 Å². The molecule has 0 bridgehead atoms. The number of hydrogen-bond donors (Lipinski definition) is 2. The highest BCUT2D eigenvalue weighted by Gasteiger charge is 2.37. The molecule has 0 fully saturated rings. The lowest BCUT2D eigenvalue weighted by molar-refractivity contribution is -0.138. The molecule has 4 aromatic rings. The van der Waals surface area contributed by atoms with E-state index in [0.29, 0.717) is 28.4 Å². The number of rotatable bonds is 7. The first kappa shape index (κ1) is 26.6. The van der Waals surface area contributed by atoms with Gasteiger partial charge in [0.25, 0.3) is 5.91 Å². The number of tetrazole rings is 1. The second kappa shape index (κ2) is 11.0. The van der Waals surface area contributed by atoms with E-state index in [1.807, 2.05) is 75.4 Å². The number of aromatic nitrogens is 4. The fraction of sp³-hybridized carbons (Fsp3) is 0.233. The molecule has 1 aliphatic heterocycles. The second-order valence-electron chi connectivity index (χ2n) is 10.6. The van der Waals surface area contributed by atoms with Crippen molar-refractivity contribution in [3.63, 3.8) is 0 Å². The van der Waals surface area contributed by atoms with Gasteiger partial charge in [-0.2, -0.15) is 10.3 Å². The van der Waals surface area contributed by atoms with Crippen LogP contribution in [0.4, 0.5) is 5.69 Å². The van der Waals surface area contributed by atoms with Crippen LogP contribution in [0.5, 0.6) is 0 Å². The molecule has 40 heavy (non-hydrogen) atoms. The minimum Gasteiger partial charge on any atom is -0.324 e. The van der Waals surface area contributed by atoms with Gasteiger partial charge in [-0.3, -0.25) is 14.4 Å². The van der Waals surface area contributed by atoms with Crippen LogP contribution >= 0.6 is 0 Å². The van der Waals surface area contributed by atoms with Crippen LogP contribution in [0.25, 0.3) is 11.4 Å². The number of ketones is 1. The minimum absolute atomic E-state index is 0.00179. The molecule has 3 aromatic carbocycles. The largest absolute Gasteiger partial charge is 0.324 e. The summed E-state index contributed by atoms with van der Waals surface area (Å²) in [4.78, 5) is 40.4. The number of nitrogens with zero attached hydrogens (tertiary/aromatic N) is 5. The van der Waals surface area contributed by atoms with Crippen molar-refractivity contribution >= 4 is 29.0 Å². The normalized spacial score (nSPS) is 15.2. The molecule has 0 aliphatic carbocycles. The Morgan fingerprint density at radius 2 is 1.68 bits per heavy atom. The number of amides is 2. The highest BCUT2D eigenvalue weighted by Crippen LogP contribution is 2.34. The van der Waals surface area contributed by atoms with Crippen molar-refractivity contribution in [2.75, 3.05) is 11.9 Å². The van der Waals surface area contributed by atoms with E-state index in [4.69, 9.17) is 5.10 Å². The maximum absolute atomic E-state index is 14.0. The Labute approximate surface area is 231 Å². The average Bonchev–Trinajstić information content (AvgIpc) is 3.46. The van der Waals surface area contributed by atoms with Gasteiger partial charge in [0.1, 0.15) is 12.3 Å². The molecule has 202 valence electrons. The highest BCUT2D eigenvalue weighted by molar-refractivity contribution is 6.16. The number of anilines is 1. The maximum atomic E-state index is 14.0. The number of nitrogens with one attached hydrogen (secondary N) is 2. The van der Waals surface area contributed by atoms with Crippen molar-refractivity contribution in [1.82, 2.24) is 25.6 Å². The molecule has 10 nitrogen and oxygen atoms in total. The van der Waals surface area contributed by atoms with Gasteiger partial charge in [-0.25, -0.2) is 5.01 Å². The van der Waals surface area contributed by atoms with Crippen LogP contribution < -0.4 is 5.32 Å². The third-order valence-corrected chi connectivity index (χ3v) is 6.68. The first-order valence-electron chi connectivity index (χ1n) is 12.9. The molecule has 10 heteroatoms. The first-order chi connectivity index (χ1) is 19.2. The van der Waals surface area contributed by atoms with Gasteiger partial charge in [0, 0.05) is 34.2 Å². The van der Waals surface area contributed by atoms with Crippen LogP contribution in [0, 0.1) is 5.41 Å². The SMILES string of the molecule is CC(C)(C)C(=O)CC1C(=O)N(CC(=O)Nc2cccc(-c3nn[nH]n3)c2)N=C(c2ccccc2)c2ccccc21. The highest BCUT2D eigenvalue weighted by atomic mass is 16.2. The second-order valence-corrected chi connectivity index (χ2v) is 10.6. The number of carbonyl (C=O) groups excluding carboxylic acids is 3. The van der Waals surface area contributed by atoms with E-state index >= 15 is 0 Å². The van der Waals surface area contributed by atoms with Crippen LogP contribution in [0.1, 0.15) is 49.8 Å². The zero-order valence-corrected chi connectivity index (χ0v) is 22.5. The monoisotopic (exact) mass is 535 g/mol. The number of fused-ring (bicyclic) bond motifs is 1. The Hall–Kier alpha value is -4.99. The molecule has 2 heterocycles. The van der Waals surface area contributed by atoms with E-state index in [1.165, 1.54) is 5.01 Å². The molecule has 0 saturated heterocycles. The van der Waals surface area contributed by atoms with Crippen LogP contribution in [-0.4, -0.2) is 55.5 Å². The number of hydrazone groups is 1. The third kappa shape index (κ3) is 5.70. The summed E-state index contributed by atoms with van der Waals surface area (Å²) in [6, 6.07) is 24.0. The van der Waals surface area contributed by atoms with Gasteiger partial charge < -0.3 is 5.32 Å². The lowest BCUT2D eigenvalue weighted by Crippen LogP contribution is -2.38. The van der Waals surface area contributed by atoms with E-state index in [-0.39, 0.29) is 18.7 Å². The summed E-state index contributed by atoms with van der Waals surface area (Å²) in [5.41, 5.74) is 3.36. The molecule has 0 radical (unpaired) electrons. The zero-order valence-electron chi connectivity index (χ0n) is 22.5. The summed E-state index contributed by atoms with van der Waals surface area (Å²) >= 11 is 0. The summed E-state index contributed by atoms with van der Waals surface area (Å²) < 4.78 is 0. The topological polar surface area (TPSA) is 133 Å². The number of aromatic amines is 1. The van der Waals surface area contributed by atoms with Gasteiger partial charge in [0.05, 0.1) is 11.6 Å². The Balaban J connectivity index is 1.49. The fourth-order valence-electron chi connectivity index (χ4n) is 4.52. The van der Waals surface area contributed by atoms with Gasteiger partial charge in [-0.1, -0.05) is 87.5 Å². The lowest BCUT2D eigenvalue weighted by Gasteiger charge is -2.24. The number of carbonyl (C=O) groups is 3. The smallest absolute Gasteiger partial charge is 0.251 e. The van der Waals surface area contributed by atoms with E-state index < -0.39 is 23.1 Å². The van der Waals surface area contributed by atoms with Crippen molar-refractivity contribution in [2.24, 2.45) is 10.5 Å². The third-order valence-electron chi connectivity index (χ3n) is 6.68. The minimum atomic E-state index is -0.790. The quantitative estimate of drug-likeness (QED) is 0.365. The number of Topliss-reactive ketones (excluding diaryl/α,β-unsaturated/α-hetero) is 1. The molecule has 0 spiro atoms.